The number of pyridine rings is 1. The Kier molecular flexibility index (Phi) is 5.04. The monoisotopic (exact) mass is 287 g/mol. The largest absolute Gasteiger partial charge is 0.352 e. The molecular formula is C18H29N3. The number of rotatable bonds is 4. The molecule has 3 nitrogen and oxygen atoms in total. The molecule has 0 bridgehead atoms. The van der Waals surface area contributed by atoms with Crippen LogP contribution in [0.5, 0.6) is 0 Å². The molecule has 1 aromatic heterocycles. The summed E-state index contributed by atoms with van der Waals surface area (Å²) in [7, 11) is 0. The van der Waals surface area contributed by atoms with Gasteiger partial charge in [-0.05, 0) is 37.6 Å². The summed E-state index contributed by atoms with van der Waals surface area (Å²) < 4.78 is 0. The summed E-state index contributed by atoms with van der Waals surface area (Å²) in [5.41, 5.74) is 4.04. The van der Waals surface area contributed by atoms with Crippen LogP contribution in [0.3, 0.4) is 0 Å². The lowest BCUT2D eigenvalue weighted by Gasteiger charge is -2.29. The maximum Gasteiger partial charge on any atom is 0.129 e. The summed E-state index contributed by atoms with van der Waals surface area (Å²) >= 11 is 0. The molecule has 3 heteroatoms. The fraction of sp³-hybridized carbons (Fsp3) is 0.611. The lowest BCUT2D eigenvalue weighted by atomic mass is 9.90. The summed E-state index contributed by atoms with van der Waals surface area (Å²) in [5, 5.41) is 3.42. The molecule has 0 unspecified atom stereocenters. The minimum absolute atomic E-state index is 0.0810. The lowest BCUT2D eigenvalue weighted by molar-refractivity contribution is 0.565. The van der Waals surface area contributed by atoms with E-state index in [-0.39, 0.29) is 5.41 Å². The zero-order valence-electron chi connectivity index (χ0n) is 14.2. The van der Waals surface area contributed by atoms with E-state index in [9.17, 15) is 0 Å². The van der Waals surface area contributed by atoms with Crippen LogP contribution < -0.4 is 10.2 Å². The van der Waals surface area contributed by atoms with Crippen molar-refractivity contribution in [1.82, 2.24) is 10.3 Å². The van der Waals surface area contributed by atoms with E-state index in [0.717, 1.165) is 38.4 Å². The SMILES string of the molecule is CCNCc1cc(N2CCC=C(C)C2)nc(C(C)(C)C)c1. The predicted octanol–water partition coefficient (Wildman–Crippen LogP) is 3.65. The van der Waals surface area contributed by atoms with Crippen molar-refractivity contribution in [2.75, 3.05) is 24.5 Å². The molecule has 0 radical (unpaired) electrons. The Labute approximate surface area is 129 Å². The first-order chi connectivity index (χ1) is 9.90. The van der Waals surface area contributed by atoms with Crippen molar-refractivity contribution < 1.29 is 0 Å². The molecule has 0 saturated heterocycles. The Morgan fingerprint density at radius 1 is 1.29 bits per heavy atom. The summed E-state index contributed by atoms with van der Waals surface area (Å²) in [5.74, 6) is 1.13. The second kappa shape index (κ2) is 6.61. The van der Waals surface area contributed by atoms with Crippen LogP contribution >= 0.6 is 0 Å². The smallest absolute Gasteiger partial charge is 0.129 e. The molecule has 0 spiro atoms. The molecular weight excluding hydrogens is 258 g/mol. The quantitative estimate of drug-likeness (QED) is 0.857. The summed E-state index contributed by atoms with van der Waals surface area (Å²) in [6, 6.07) is 4.50. The Balaban J connectivity index is 2.33. The zero-order valence-corrected chi connectivity index (χ0v) is 14.2. The number of anilines is 1. The number of hydrogen-bond donors (Lipinski definition) is 1. The average Bonchev–Trinajstić information content (AvgIpc) is 2.44. The van der Waals surface area contributed by atoms with Crippen molar-refractivity contribution >= 4 is 5.82 Å². The van der Waals surface area contributed by atoms with Crippen molar-refractivity contribution in [1.29, 1.82) is 0 Å². The molecule has 0 atom stereocenters. The van der Waals surface area contributed by atoms with Gasteiger partial charge in [0.2, 0.25) is 0 Å². The van der Waals surface area contributed by atoms with Crippen LogP contribution in [0.1, 0.15) is 52.3 Å². The molecule has 0 saturated carbocycles. The van der Waals surface area contributed by atoms with Gasteiger partial charge in [-0.3, -0.25) is 0 Å². The van der Waals surface area contributed by atoms with E-state index in [4.69, 9.17) is 4.98 Å². The number of nitrogens with one attached hydrogen (secondary N) is 1. The van der Waals surface area contributed by atoms with Crippen LogP contribution in [-0.4, -0.2) is 24.6 Å². The van der Waals surface area contributed by atoms with Gasteiger partial charge in [-0.15, -0.1) is 0 Å². The van der Waals surface area contributed by atoms with Crippen LogP contribution in [-0.2, 0) is 12.0 Å². The van der Waals surface area contributed by atoms with E-state index in [0.29, 0.717) is 0 Å². The predicted molar refractivity (Wildman–Crippen MR) is 90.9 cm³/mol. The van der Waals surface area contributed by atoms with Crippen LogP contribution in [0.4, 0.5) is 5.82 Å². The molecule has 21 heavy (non-hydrogen) atoms. The van der Waals surface area contributed by atoms with Crippen molar-refractivity contribution in [2.24, 2.45) is 0 Å². The van der Waals surface area contributed by atoms with Gasteiger partial charge in [0.15, 0.2) is 0 Å². The van der Waals surface area contributed by atoms with Crippen LogP contribution in [0.25, 0.3) is 0 Å². The van der Waals surface area contributed by atoms with Gasteiger partial charge in [0.05, 0.1) is 0 Å². The Morgan fingerprint density at radius 2 is 2.05 bits per heavy atom. The zero-order chi connectivity index (χ0) is 15.5. The van der Waals surface area contributed by atoms with Gasteiger partial charge in [0.25, 0.3) is 0 Å². The highest BCUT2D eigenvalue weighted by atomic mass is 15.2. The number of aromatic nitrogens is 1. The third kappa shape index (κ3) is 4.31. The van der Waals surface area contributed by atoms with E-state index in [1.807, 2.05) is 0 Å². The molecule has 2 rings (SSSR count). The first-order valence-electron chi connectivity index (χ1n) is 8.03. The Morgan fingerprint density at radius 3 is 2.67 bits per heavy atom. The fourth-order valence-electron chi connectivity index (χ4n) is 2.60. The topological polar surface area (TPSA) is 28.2 Å². The summed E-state index contributed by atoms with van der Waals surface area (Å²) in [6.07, 6.45) is 3.46. The summed E-state index contributed by atoms with van der Waals surface area (Å²) in [4.78, 5) is 7.34. The van der Waals surface area contributed by atoms with Gasteiger partial charge in [0, 0.05) is 30.7 Å². The van der Waals surface area contributed by atoms with Crippen LogP contribution in [0, 0.1) is 0 Å². The molecule has 0 amide bonds. The van der Waals surface area contributed by atoms with Gasteiger partial charge >= 0.3 is 0 Å². The lowest BCUT2D eigenvalue weighted by Crippen LogP contribution is -2.31. The molecule has 1 aromatic rings. The highest BCUT2D eigenvalue weighted by molar-refractivity contribution is 5.46. The highest BCUT2D eigenvalue weighted by Crippen LogP contribution is 2.26. The van der Waals surface area contributed by atoms with Crippen molar-refractivity contribution in [3.05, 3.63) is 35.0 Å². The average molecular weight is 287 g/mol. The van der Waals surface area contributed by atoms with E-state index < -0.39 is 0 Å². The molecule has 0 fully saturated rings. The molecule has 0 aliphatic carbocycles. The Bertz CT molecular complexity index is 512. The molecule has 116 valence electrons. The second-order valence-electron chi connectivity index (χ2n) is 7.01. The van der Waals surface area contributed by atoms with E-state index in [1.165, 1.54) is 16.8 Å². The Hall–Kier alpha value is -1.35. The number of nitrogens with zero attached hydrogens (tertiary/aromatic N) is 2. The van der Waals surface area contributed by atoms with E-state index in [2.05, 4.69) is 63.0 Å². The minimum atomic E-state index is 0.0810. The van der Waals surface area contributed by atoms with Crippen molar-refractivity contribution in [3.8, 4) is 0 Å². The van der Waals surface area contributed by atoms with Gasteiger partial charge in [-0.25, -0.2) is 4.98 Å². The maximum absolute atomic E-state index is 4.94. The van der Waals surface area contributed by atoms with Crippen molar-refractivity contribution in [2.45, 2.75) is 53.0 Å². The normalized spacial score (nSPS) is 16.0. The molecule has 0 aromatic carbocycles. The van der Waals surface area contributed by atoms with Gasteiger partial charge in [-0.2, -0.15) is 0 Å². The summed E-state index contributed by atoms with van der Waals surface area (Å²) in [6.45, 7) is 15.0. The molecule has 2 heterocycles. The molecule has 1 aliphatic rings. The maximum atomic E-state index is 4.94. The first-order valence-corrected chi connectivity index (χ1v) is 8.03. The van der Waals surface area contributed by atoms with Crippen LogP contribution in [0.2, 0.25) is 0 Å². The fourth-order valence-corrected chi connectivity index (χ4v) is 2.60. The van der Waals surface area contributed by atoms with E-state index in [1.54, 1.807) is 0 Å². The van der Waals surface area contributed by atoms with E-state index >= 15 is 0 Å². The molecule has 1 aliphatic heterocycles. The standard InChI is InChI=1S/C18H29N3/c1-6-19-12-15-10-16(18(3,4)5)20-17(11-15)21-9-7-8-14(2)13-21/h8,10-11,19H,6-7,9,12-13H2,1-5H3. The van der Waals surface area contributed by atoms with Gasteiger partial charge in [0.1, 0.15) is 5.82 Å². The molecule has 1 N–H and O–H groups in total. The first kappa shape index (κ1) is 16.0. The van der Waals surface area contributed by atoms with Crippen LogP contribution in [0.15, 0.2) is 23.8 Å². The number of hydrogen-bond acceptors (Lipinski definition) is 3. The highest BCUT2D eigenvalue weighted by Gasteiger charge is 2.20. The third-order valence-corrected chi connectivity index (χ3v) is 3.88. The van der Waals surface area contributed by atoms with Crippen molar-refractivity contribution in [3.63, 3.8) is 0 Å². The van der Waals surface area contributed by atoms with Gasteiger partial charge < -0.3 is 10.2 Å². The van der Waals surface area contributed by atoms with Gasteiger partial charge in [-0.1, -0.05) is 39.3 Å². The third-order valence-electron chi connectivity index (χ3n) is 3.88. The minimum Gasteiger partial charge on any atom is -0.352 e. The second-order valence-corrected chi connectivity index (χ2v) is 7.01.